The first-order valence-electron chi connectivity index (χ1n) is 18.5. The Hall–Kier alpha value is -4.24. The van der Waals surface area contributed by atoms with Gasteiger partial charge in [0.25, 0.3) is 0 Å². The highest BCUT2D eigenvalue weighted by Crippen LogP contribution is 2.51. The standard InChI is InChI=1S/C45H51N3O3S2/c1-44(2,38-18-10-15-32-13-6-8-16-36(32)38)40(46-27-11-30-53(50)51-5)25-22-34-19-20-35(43(34)47-31-49)23-26-41-45(3,4)42-37-17-9-7-14-33(37)21-24-39(42)48(41)28-12-29-52/h6-10,13-18,21-26,31,52H,11-12,19-20,27-30H2,1-5H3,(H,47,49)/b25-22+,35-23+,41-26+,46-40?. The van der Waals surface area contributed by atoms with E-state index in [-0.39, 0.29) is 5.41 Å². The van der Waals surface area contributed by atoms with Crippen LogP contribution < -0.4 is 10.2 Å². The van der Waals surface area contributed by atoms with Crippen LogP contribution in [0.4, 0.5) is 5.69 Å². The van der Waals surface area contributed by atoms with E-state index < -0.39 is 16.5 Å². The maximum atomic E-state index is 12.0. The van der Waals surface area contributed by atoms with Gasteiger partial charge in [-0.05, 0) is 93.5 Å². The average Bonchev–Trinajstić information content (AvgIpc) is 3.65. The van der Waals surface area contributed by atoms with Crippen LogP contribution in [-0.2, 0) is 30.9 Å². The smallest absolute Gasteiger partial charge is 0.211 e. The number of carbonyl (C=O) groups excluding carboxylic acids is 1. The zero-order valence-corrected chi connectivity index (χ0v) is 33.2. The van der Waals surface area contributed by atoms with Crippen LogP contribution in [0.25, 0.3) is 21.5 Å². The Balaban J connectivity index is 1.37. The number of carbonyl (C=O) groups is 1. The SMILES string of the molecule is COS(=O)CCCN=C(/C=C/C1=C(NC=O)C(=C/C=C2/N(CCCS)c3ccc4ccccc4c3C2(C)C)/CC1)C(C)(C)c1cccc2ccccc12. The van der Waals surface area contributed by atoms with Gasteiger partial charge in [-0.2, -0.15) is 12.6 Å². The molecule has 0 bridgehead atoms. The Bertz CT molecular complexity index is 2170. The molecule has 1 heterocycles. The van der Waals surface area contributed by atoms with E-state index in [4.69, 9.17) is 9.18 Å². The summed E-state index contributed by atoms with van der Waals surface area (Å²) in [4.78, 5) is 19.6. The molecule has 1 aliphatic heterocycles. The number of rotatable bonds is 15. The summed E-state index contributed by atoms with van der Waals surface area (Å²) >= 11 is 3.23. The van der Waals surface area contributed by atoms with Crippen molar-refractivity contribution < 1.29 is 13.2 Å². The Kier molecular flexibility index (Phi) is 12.2. The van der Waals surface area contributed by atoms with Gasteiger partial charge in [-0.25, -0.2) is 4.21 Å². The highest BCUT2D eigenvalue weighted by molar-refractivity contribution is 7.80. The molecule has 0 saturated carbocycles. The van der Waals surface area contributed by atoms with E-state index in [0.717, 1.165) is 60.5 Å². The summed E-state index contributed by atoms with van der Waals surface area (Å²) in [5.74, 6) is 1.24. The second-order valence-corrected chi connectivity index (χ2v) is 16.5. The van der Waals surface area contributed by atoms with E-state index in [9.17, 15) is 9.00 Å². The van der Waals surface area contributed by atoms with Crippen LogP contribution in [-0.4, -0.2) is 48.0 Å². The van der Waals surface area contributed by atoms with Crippen LogP contribution in [0.1, 0.15) is 64.5 Å². The van der Waals surface area contributed by atoms with Crippen LogP contribution in [0.15, 0.2) is 131 Å². The quantitative estimate of drug-likeness (QED) is 0.0551. The number of thiol groups is 1. The van der Waals surface area contributed by atoms with Gasteiger partial charge in [0.15, 0.2) is 11.1 Å². The molecule has 2 aliphatic rings. The molecule has 4 aromatic rings. The van der Waals surface area contributed by atoms with Gasteiger partial charge in [-0.1, -0.05) is 113 Å². The zero-order valence-electron chi connectivity index (χ0n) is 31.5. The van der Waals surface area contributed by atoms with Gasteiger partial charge >= 0.3 is 0 Å². The number of allylic oxidation sites excluding steroid dienone is 7. The summed E-state index contributed by atoms with van der Waals surface area (Å²) in [6, 6.07) is 28.0. The Labute approximate surface area is 322 Å². The monoisotopic (exact) mass is 745 g/mol. The Morgan fingerprint density at radius 1 is 0.962 bits per heavy atom. The summed E-state index contributed by atoms with van der Waals surface area (Å²) in [7, 11) is 1.46. The number of aliphatic imine (C=N–C) groups is 1. The minimum absolute atomic E-state index is 0.221. The number of nitrogens with zero attached hydrogens (tertiary/aromatic N) is 2. The lowest BCUT2D eigenvalue weighted by atomic mass is 9.77. The first kappa shape index (κ1) is 38.5. The number of fused-ring (bicyclic) bond motifs is 4. The first-order chi connectivity index (χ1) is 25.6. The van der Waals surface area contributed by atoms with E-state index in [0.29, 0.717) is 18.7 Å². The molecular formula is C45H51N3O3S2. The van der Waals surface area contributed by atoms with Crippen molar-refractivity contribution in [2.24, 2.45) is 4.99 Å². The van der Waals surface area contributed by atoms with Gasteiger partial charge in [-0.15, -0.1) is 0 Å². The fourth-order valence-electron chi connectivity index (χ4n) is 8.00. The largest absolute Gasteiger partial charge is 0.344 e. The van der Waals surface area contributed by atoms with E-state index in [1.807, 2.05) is 0 Å². The lowest BCUT2D eigenvalue weighted by Gasteiger charge is -2.28. The third-order valence-corrected chi connectivity index (χ3v) is 12.0. The Morgan fingerprint density at radius 3 is 2.42 bits per heavy atom. The van der Waals surface area contributed by atoms with Crippen molar-refractivity contribution >= 4 is 63.1 Å². The zero-order chi connectivity index (χ0) is 37.6. The number of hydrogen-bond acceptors (Lipinski definition) is 6. The first-order valence-corrected chi connectivity index (χ1v) is 20.4. The van der Waals surface area contributed by atoms with Crippen molar-refractivity contribution in [1.29, 1.82) is 0 Å². The molecule has 1 N–H and O–H groups in total. The molecule has 6 rings (SSSR count). The number of amides is 1. The lowest BCUT2D eigenvalue weighted by Crippen LogP contribution is -2.28. The predicted molar refractivity (Wildman–Crippen MR) is 227 cm³/mol. The van der Waals surface area contributed by atoms with Crippen LogP contribution in [0.2, 0.25) is 0 Å². The molecule has 4 aromatic carbocycles. The molecule has 0 radical (unpaired) electrons. The molecule has 1 aliphatic carbocycles. The topological polar surface area (TPSA) is 71.0 Å². The molecule has 1 atom stereocenters. The summed E-state index contributed by atoms with van der Waals surface area (Å²) in [6.45, 7) is 10.5. The molecule has 1 amide bonds. The van der Waals surface area contributed by atoms with Gasteiger partial charge in [0.2, 0.25) is 6.41 Å². The predicted octanol–water partition coefficient (Wildman–Crippen LogP) is 9.69. The summed E-state index contributed by atoms with van der Waals surface area (Å²) in [6.07, 6.45) is 12.7. The molecular weight excluding hydrogens is 695 g/mol. The van der Waals surface area contributed by atoms with Crippen LogP contribution in [0, 0.1) is 0 Å². The third-order valence-electron chi connectivity index (χ3n) is 10.7. The fraction of sp³-hybridized carbons (Fsp3) is 0.333. The lowest BCUT2D eigenvalue weighted by molar-refractivity contribution is -0.108. The van der Waals surface area contributed by atoms with Gasteiger partial charge in [-0.3, -0.25) is 14.0 Å². The minimum atomic E-state index is -1.32. The summed E-state index contributed by atoms with van der Waals surface area (Å²) in [5, 5.41) is 7.96. The van der Waals surface area contributed by atoms with E-state index in [2.05, 4.69) is 154 Å². The van der Waals surface area contributed by atoms with Gasteiger partial charge < -0.3 is 10.2 Å². The fourth-order valence-corrected chi connectivity index (χ4v) is 8.67. The highest BCUT2D eigenvalue weighted by atomic mass is 32.2. The maximum Gasteiger partial charge on any atom is 0.211 e. The minimum Gasteiger partial charge on any atom is -0.344 e. The van der Waals surface area contributed by atoms with Crippen molar-refractivity contribution in [2.75, 3.05) is 36.6 Å². The molecule has 53 heavy (non-hydrogen) atoms. The van der Waals surface area contributed by atoms with Crippen LogP contribution in [0.3, 0.4) is 0 Å². The Morgan fingerprint density at radius 2 is 1.68 bits per heavy atom. The number of hydrogen-bond donors (Lipinski definition) is 2. The van der Waals surface area contributed by atoms with Crippen LogP contribution >= 0.6 is 12.6 Å². The van der Waals surface area contributed by atoms with Crippen molar-refractivity contribution in [1.82, 2.24) is 5.32 Å². The second-order valence-electron chi connectivity index (χ2n) is 14.7. The molecule has 1 unspecified atom stereocenters. The van der Waals surface area contributed by atoms with E-state index in [1.165, 1.54) is 51.2 Å². The van der Waals surface area contributed by atoms with Gasteiger partial charge in [0.05, 0.1) is 12.9 Å². The summed E-state index contributed by atoms with van der Waals surface area (Å²) in [5.41, 5.74) is 8.33. The molecule has 0 spiro atoms. The molecule has 0 fully saturated rings. The molecule has 0 saturated heterocycles. The molecule has 8 heteroatoms. The van der Waals surface area contributed by atoms with Crippen molar-refractivity contribution in [3.05, 3.63) is 137 Å². The second kappa shape index (κ2) is 16.8. The van der Waals surface area contributed by atoms with E-state index >= 15 is 0 Å². The normalized spacial score (nSPS) is 18.2. The highest BCUT2D eigenvalue weighted by Gasteiger charge is 2.41. The number of anilines is 1. The van der Waals surface area contributed by atoms with E-state index in [1.54, 1.807) is 0 Å². The maximum absolute atomic E-state index is 12.0. The summed E-state index contributed by atoms with van der Waals surface area (Å²) < 4.78 is 16.9. The van der Waals surface area contributed by atoms with Gasteiger partial charge in [0, 0.05) is 46.7 Å². The number of benzene rings is 4. The van der Waals surface area contributed by atoms with Crippen molar-refractivity contribution in [3.8, 4) is 0 Å². The molecule has 6 nitrogen and oxygen atoms in total. The molecule has 0 aromatic heterocycles. The van der Waals surface area contributed by atoms with Gasteiger partial charge in [0.1, 0.15) is 0 Å². The average molecular weight is 746 g/mol. The van der Waals surface area contributed by atoms with Crippen molar-refractivity contribution in [3.63, 3.8) is 0 Å². The number of nitrogens with one attached hydrogen (secondary N) is 1. The molecule has 276 valence electrons. The third kappa shape index (κ3) is 8.01. The van der Waals surface area contributed by atoms with Crippen LogP contribution in [0.5, 0.6) is 0 Å². The van der Waals surface area contributed by atoms with Crippen molar-refractivity contribution in [2.45, 2.75) is 64.2 Å².